The fraction of sp³-hybridized carbons (Fsp3) is 0.600. The fourth-order valence-corrected chi connectivity index (χ4v) is 3.25. The largest absolute Gasteiger partial charge is 0.494 e. The molecule has 20 heavy (non-hydrogen) atoms. The van der Waals surface area contributed by atoms with Crippen molar-refractivity contribution in [3.8, 4) is 5.75 Å². The Bertz CT molecular complexity index is 417. The van der Waals surface area contributed by atoms with Crippen molar-refractivity contribution in [1.82, 2.24) is 4.90 Å². The highest BCUT2D eigenvalue weighted by atomic mass is 32.2. The smallest absolute Gasteiger partial charge is 0.165 e. The summed E-state index contributed by atoms with van der Waals surface area (Å²) in [7, 11) is 3.53. The Morgan fingerprint density at radius 2 is 2.15 bits per heavy atom. The summed E-state index contributed by atoms with van der Waals surface area (Å²) in [6.07, 6.45) is 3.15. The van der Waals surface area contributed by atoms with E-state index >= 15 is 0 Å². The molecule has 2 N–H and O–H groups in total. The molecule has 5 heteroatoms. The molecule has 1 aromatic carbocycles. The predicted octanol–water partition coefficient (Wildman–Crippen LogP) is 2.91. The van der Waals surface area contributed by atoms with Crippen LogP contribution in [0.5, 0.6) is 5.75 Å². The minimum absolute atomic E-state index is 0.0208. The molecule has 1 rings (SSSR count). The van der Waals surface area contributed by atoms with Crippen LogP contribution in [-0.2, 0) is 0 Å². The number of thioether (sulfide) groups is 1. The number of hydrogen-bond donors (Lipinski definition) is 1. The van der Waals surface area contributed by atoms with Gasteiger partial charge in [-0.15, -0.1) is 0 Å². The molecule has 0 radical (unpaired) electrons. The van der Waals surface area contributed by atoms with Crippen molar-refractivity contribution < 1.29 is 9.13 Å². The van der Waals surface area contributed by atoms with Gasteiger partial charge < -0.3 is 10.5 Å². The van der Waals surface area contributed by atoms with Crippen LogP contribution in [0.1, 0.15) is 24.9 Å². The standard InChI is InChI=1S/C15H25FN2OS/c1-5-12(10-20-4)18(2)14(9-17)11-6-7-15(19-3)13(16)8-11/h6-8,12,14H,5,9-10,17H2,1-4H3. The molecule has 0 aromatic heterocycles. The number of halogens is 1. The van der Waals surface area contributed by atoms with Gasteiger partial charge in [0.15, 0.2) is 11.6 Å². The maximum absolute atomic E-state index is 13.9. The van der Waals surface area contributed by atoms with Crippen LogP contribution < -0.4 is 10.5 Å². The van der Waals surface area contributed by atoms with Gasteiger partial charge in [0.1, 0.15) is 0 Å². The molecule has 0 spiro atoms. The van der Waals surface area contributed by atoms with Crippen molar-refractivity contribution in [3.05, 3.63) is 29.6 Å². The lowest BCUT2D eigenvalue weighted by Crippen LogP contribution is -2.39. The average Bonchev–Trinajstić information content (AvgIpc) is 2.45. The van der Waals surface area contributed by atoms with Gasteiger partial charge in [0, 0.05) is 24.4 Å². The summed E-state index contributed by atoms with van der Waals surface area (Å²) in [6, 6.07) is 5.54. The van der Waals surface area contributed by atoms with Crippen molar-refractivity contribution in [2.75, 3.05) is 32.7 Å². The van der Waals surface area contributed by atoms with E-state index in [0.717, 1.165) is 17.7 Å². The SMILES string of the molecule is CCC(CSC)N(C)C(CN)c1ccc(OC)c(F)c1. The van der Waals surface area contributed by atoms with E-state index in [-0.39, 0.29) is 17.6 Å². The van der Waals surface area contributed by atoms with E-state index in [1.54, 1.807) is 6.07 Å². The van der Waals surface area contributed by atoms with E-state index in [4.69, 9.17) is 10.5 Å². The number of hydrogen-bond acceptors (Lipinski definition) is 4. The molecule has 0 bridgehead atoms. The van der Waals surface area contributed by atoms with Gasteiger partial charge in [-0.3, -0.25) is 4.90 Å². The van der Waals surface area contributed by atoms with Gasteiger partial charge in [0.05, 0.1) is 7.11 Å². The quantitative estimate of drug-likeness (QED) is 0.801. The van der Waals surface area contributed by atoms with E-state index in [2.05, 4.69) is 25.1 Å². The van der Waals surface area contributed by atoms with Gasteiger partial charge in [0.25, 0.3) is 0 Å². The van der Waals surface area contributed by atoms with E-state index < -0.39 is 0 Å². The minimum Gasteiger partial charge on any atom is -0.494 e. The summed E-state index contributed by atoms with van der Waals surface area (Å²) < 4.78 is 18.8. The second-order valence-electron chi connectivity index (χ2n) is 4.83. The van der Waals surface area contributed by atoms with Gasteiger partial charge in [-0.05, 0) is 37.4 Å². The summed E-state index contributed by atoms with van der Waals surface area (Å²) >= 11 is 1.82. The van der Waals surface area contributed by atoms with E-state index in [0.29, 0.717) is 12.6 Å². The summed E-state index contributed by atoms with van der Waals surface area (Å²) in [5, 5.41) is 0. The molecule has 0 saturated heterocycles. The van der Waals surface area contributed by atoms with Crippen LogP contribution in [0.3, 0.4) is 0 Å². The van der Waals surface area contributed by atoms with Crippen LogP contribution in [-0.4, -0.2) is 43.7 Å². The second kappa shape index (κ2) is 8.49. The maximum Gasteiger partial charge on any atom is 0.165 e. The molecule has 0 saturated carbocycles. The number of methoxy groups -OCH3 is 1. The molecule has 0 amide bonds. The van der Waals surface area contributed by atoms with Crippen LogP contribution in [0.2, 0.25) is 0 Å². The zero-order valence-electron chi connectivity index (χ0n) is 12.7. The van der Waals surface area contributed by atoms with Gasteiger partial charge in [0.2, 0.25) is 0 Å². The molecule has 0 aliphatic carbocycles. The lowest BCUT2D eigenvalue weighted by atomic mass is 10.0. The zero-order valence-corrected chi connectivity index (χ0v) is 13.5. The van der Waals surface area contributed by atoms with Gasteiger partial charge in [-0.1, -0.05) is 13.0 Å². The molecule has 2 atom stereocenters. The third kappa shape index (κ3) is 4.11. The Morgan fingerprint density at radius 3 is 2.60 bits per heavy atom. The van der Waals surface area contributed by atoms with Crippen LogP contribution in [0.15, 0.2) is 18.2 Å². The average molecular weight is 300 g/mol. The van der Waals surface area contributed by atoms with Gasteiger partial charge in [-0.25, -0.2) is 4.39 Å². The normalized spacial score (nSPS) is 14.3. The molecule has 3 nitrogen and oxygen atoms in total. The Balaban J connectivity index is 2.97. The number of benzene rings is 1. The number of nitrogens with zero attached hydrogens (tertiary/aromatic N) is 1. The number of rotatable bonds is 8. The molecule has 0 heterocycles. The van der Waals surface area contributed by atoms with Crippen LogP contribution >= 0.6 is 11.8 Å². The minimum atomic E-state index is -0.338. The van der Waals surface area contributed by atoms with Crippen molar-refractivity contribution in [2.45, 2.75) is 25.4 Å². The van der Waals surface area contributed by atoms with E-state index in [9.17, 15) is 4.39 Å². The Hall–Kier alpha value is -0.780. The van der Waals surface area contributed by atoms with E-state index in [1.807, 2.05) is 17.8 Å². The second-order valence-corrected chi connectivity index (χ2v) is 5.74. The monoisotopic (exact) mass is 300 g/mol. The van der Waals surface area contributed by atoms with Crippen LogP contribution in [0.4, 0.5) is 4.39 Å². The third-order valence-corrected chi connectivity index (χ3v) is 4.40. The van der Waals surface area contributed by atoms with Crippen LogP contribution in [0.25, 0.3) is 0 Å². The highest BCUT2D eigenvalue weighted by Gasteiger charge is 2.22. The highest BCUT2D eigenvalue weighted by molar-refractivity contribution is 7.98. The lowest BCUT2D eigenvalue weighted by molar-refractivity contribution is 0.187. The number of nitrogens with two attached hydrogens (primary N) is 1. The summed E-state index contributed by atoms with van der Waals surface area (Å²) in [4.78, 5) is 2.25. The first-order valence-corrected chi connectivity index (χ1v) is 8.22. The maximum atomic E-state index is 13.9. The molecular formula is C15H25FN2OS. The molecule has 1 aromatic rings. The summed E-state index contributed by atoms with van der Waals surface area (Å²) in [5.74, 6) is 0.973. The molecular weight excluding hydrogens is 275 g/mol. The molecule has 2 unspecified atom stereocenters. The van der Waals surface area contributed by atoms with Crippen LogP contribution in [0, 0.1) is 5.82 Å². The first-order valence-electron chi connectivity index (χ1n) is 6.83. The fourth-order valence-electron chi connectivity index (χ4n) is 2.40. The Morgan fingerprint density at radius 1 is 1.45 bits per heavy atom. The van der Waals surface area contributed by atoms with E-state index in [1.165, 1.54) is 13.2 Å². The van der Waals surface area contributed by atoms with Gasteiger partial charge in [-0.2, -0.15) is 11.8 Å². The van der Waals surface area contributed by atoms with Crippen molar-refractivity contribution >= 4 is 11.8 Å². The van der Waals surface area contributed by atoms with Crippen molar-refractivity contribution in [3.63, 3.8) is 0 Å². The Labute approximate surface area is 125 Å². The Kier molecular flexibility index (Phi) is 7.34. The first kappa shape index (κ1) is 17.3. The first-order chi connectivity index (χ1) is 9.58. The van der Waals surface area contributed by atoms with Gasteiger partial charge >= 0.3 is 0 Å². The van der Waals surface area contributed by atoms with Crippen molar-refractivity contribution in [1.29, 1.82) is 0 Å². The number of likely N-dealkylation sites (N-methyl/N-ethyl adjacent to an activating group) is 1. The molecule has 114 valence electrons. The highest BCUT2D eigenvalue weighted by Crippen LogP contribution is 2.26. The third-order valence-electron chi connectivity index (χ3n) is 3.68. The number of ether oxygens (including phenoxy) is 1. The summed E-state index contributed by atoms with van der Waals surface area (Å²) in [5.41, 5.74) is 6.81. The lowest BCUT2D eigenvalue weighted by Gasteiger charge is -2.34. The topological polar surface area (TPSA) is 38.5 Å². The molecule has 0 aliphatic heterocycles. The van der Waals surface area contributed by atoms with Crippen molar-refractivity contribution in [2.24, 2.45) is 5.73 Å². The molecule has 0 aliphatic rings. The molecule has 0 fully saturated rings. The zero-order chi connectivity index (χ0) is 15.1. The predicted molar refractivity (Wildman–Crippen MR) is 85.0 cm³/mol. The summed E-state index contributed by atoms with van der Waals surface area (Å²) in [6.45, 7) is 2.63.